The number of carboxylic acid groups (broad SMARTS) is 5. The van der Waals surface area contributed by atoms with Gasteiger partial charge in [0.05, 0.1) is 25.3 Å². The molecule has 1 rings (SSSR count). The Balaban J connectivity index is 3.22. The van der Waals surface area contributed by atoms with Crippen LogP contribution in [0.4, 0.5) is 5.69 Å². The number of carbonyl (C=O) groups is 5. The van der Waals surface area contributed by atoms with Crippen molar-refractivity contribution in [1.29, 1.82) is 0 Å². The molecule has 0 saturated carbocycles. The normalized spacial score (nSPS) is 12.2. The predicted molar refractivity (Wildman–Crippen MR) is 149 cm³/mol. The average Bonchev–Trinajstić information content (AvgIpc) is 2.79. The monoisotopic (exact) mass is 600 g/mol. The highest BCUT2D eigenvalue weighted by Crippen LogP contribution is 2.20. The van der Waals surface area contributed by atoms with Crippen LogP contribution in [0.1, 0.15) is 19.4 Å². The first-order valence-electron chi connectivity index (χ1n) is 12.2. The molecule has 1 aromatic carbocycles. The molecular weight excluding hydrogens is 564 g/mol. The third-order valence-corrected chi connectivity index (χ3v) is 5.62. The van der Waals surface area contributed by atoms with E-state index < -0.39 is 67.0 Å². The van der Waals surface area contributed by atoms with Crippen molar-refractivity contribution in [3.05, 3.63) is 29.8 Å². The Bertz CT molecular complexity index is 1070. The van der Waals surface area contributed by atoms with Crippen LogP contribution in [-0.4, -0.2) is 122 Å². The smallest absolute Gasteiger partial charge is 0.332 e. The van der Waals surface area contributed by atoms with Crippen molar-refractivity contribution >= 4 is 52.9 Å². The number of anilines is 1. The molecule has 0 spiro atoms. The van der Waals surface area contributed by atoms with Gasteiger partial charge >= 0.3 is 29.8 Å². The number of nitrogens with two attached hydrogens (primary N) is 1. The second-order valence-electron chi connectivity index (χ2n) is 10.1. The van der Waals surface area contributed by atoms with Gasteiger partial charge in [-0.05, 0) is 41.7 Å². The standard InChI is InChI=1S/C24H36N6O10S/c1-24(2,13-30(10-18(33)34)11-19(35)36)12-29(9-17(31)32)8-16(26-20(21(37)38)22(39)40)7-14-3-5-15(6-4-14)27-28-23(25)41/h3-6,16,20,26-27H,7-13H2,1-2H3,(H,31,32)(H,33,34)(H,35,36)(H,37,38)(H,39,40)(H3,25,28,41). The number of aliphatic carboxylic acids is 5. The lowest BCUT2D eigenvalue weighted by Crippen LogP contribution is -2.55. The number of benzene rings is 1. The SMILES string of the molecule is CC(C)(CN(CC(=O)O)CC(=O)O)CN(CC(=O)O)CC(Cc1ccc(NNC(N)=S)cc1)NC(C(=O)O)C(=O)O. The molecule has 0 radical (unpaired) electrons. The van der Waals surface area contributed by atoms with E-state index in [1.807, 2.05) is 0 Å². The number of hydrogen-bond acceptors (Lipinski definition) is 10. The summed E-state index contributed by atoms with van der Waals surface area (Å²) in [5.74, 6) is -6.93. The van der Waals surface area contributed by atoms with E-state index in [0.717, 1.165) is 0 Å². The Kier molecular flexibility index (Phi) is 13.9. The largest absolute Gasteiger partial charge is 0.480 e. The van der Waals surface area contributed by atoms with Crippen LogP contribution in [0.5, 0.6) is 0 Å². The first-order chi connectivity index (χ1) is 19.0. The summed E-state index contributed by atoms with van der Waals surface area (Å²) in [6.07, 6.45) is 0.112. The molecule has 1 aromatic rings. The highest BCUT2D eigenvalue weighted by atomic mass is 32.1. The Morgan fingerprint density at radius 2 is 1.32 bits per heavy atom. The van der Waals surface area contributed by atoms with E-state index in [0.29, 0.717) is 11.3 Å². The maximum absolute atomic E-state index is 11.7. The molecule has 228 valence electrons. The molecule has 0 saturated heterocycles. The molecule has 0 fully saturated rings. The molecule has 1 atom stereocenters. The molecule has 1 unspecified atom stereocenters. The van der Waals surface area contributed by atoms with Gasteiger partial charge in [-0.1, -0.05) is 26.0 Å². The number of hydrogen-bond donors (Lipinski definition) is 9. The van der Waals surface area contributed by atoms with Crippen molar-refractivity contribution < 1.29 is 49.5 Å². The lowest BCUT2D eigenvalue weighted by Gasteiger charge is -2.37. The van der Waals surface area contributed by atoms with Gasteiger partial charge in [0.15, 0.2) is 5.11 Å². The van der Waals surface area contributed by atoms with Crippen molar-refractivity contribution in [2.75, 3.05) is 44.7 Å². The molecule has 0 aliphatic carbocycles. The van der Waals surface area contributed by atoms with Crippen molar-refractivity contribution in [2.24, 2.45) is 11.1 Å². The average molecular weight is 601 g/mol. The Morgan fingerprint density at radius 1 is 0.854 bits per heavy atom. The lowest BCUT2D eigenvalue weighted by molar-refractivity contribution is -0.152. The van der Waals surface area contributed by atoms with Crippen LogP contribution in [-0.2, 0) is 30.4 Å². The van der Waals surface area contributed by atoms with Crippen LogP contribution in [0, 0.1) is 5.41 Å². The van der Waals surface area contributed by atoms with E-state index in [1.54, 1.807) is 38.1 Å². The van der Waals surface area contributed by atoms with Gasteiger partial charge in [-0.25, -0.2) is 9.59 Å². The number of nitrogens with one attached hydrogen (secondary N) is 3. The molecule has 0 bridgehead atoms. The summed E-state index contributed by atoms with van der Waals surface area (Å²) < 4.78 is 0. The summed E-state index contributed by atoms with van der Waals surface area (Å²) >= 11 is 4.73. The van der Waals surface area contributed by atoms with Crippen LogP contribution in [0.3, 0.4) is 0 Å². The zero-order valence-electron chi connectivity index (χ0n) is 22.6. The molecule has 0 heterocycles. The zero-order valence-corrected chi connectivity index (χ0v) is 23.4. The molecule has 0 aliphatic heterocycles. The maximum Gasteiger partial charge on any atom is 0.332 e. The fourth-order valence-corrected chi connectivity index (χ4v) is 4.35. The van der Waals surface area contributed by atoms with E-state index >= 15 is 0 Å². The highest BCUT2D eigenvalue weighted by molar-refractivity contribution is 7.80. The first-order valence-corrected chi connectivity index (χ1v) is 12.6. The number of nitrogens with zero attached hydrogens (tertiary/aromatic N) is 2. The van der Waals surface area contributed by atoms with E-state index in [1.165, 1.54) is 9.80 Å². The van der Waals surface area contributed by atoms with Crippen LogP contribution in [0.2, 0.25) is 0 Å². The van der Waals surface area contributed by atoms with Crippen LogP contribution in [0.25, 0.3) is 0 Å². The summed E-state index contributed by atoms with van der Waals surface area (Å²) in [7, 11) is 0. The van der Waals surface area contributed by atoms with E-state index in [-0.39, 0.29) is 31.2 Å². The fourth-order valence-electron chi connectivity index (χ4n) is 4.30. The molecule has 0 aromatic heterocycles. The van der Waals surface area contributed by atoms with E-state index in [4.69, 9.17) is 28.2 Å². The highest BCUT2D eigenvalue weighted by Gasteiger charge is 2.32. The summed E-state index contributed by atoms with van der Waals surface area (Å²) in [6, 6.07) is 3.89. The van der Waals surface area contributed by atoms with E-state index in [9.17, 15) is 39.3 Å². The third kappa shape index (κ3) is 14.8. The van der Waals surface area contributed by atoms with Gasteiger partial charge in [0, 0.05) is 25.7 Å². The number of rotatable bonds is 20. The molecule has 41 heavy (non-hydrogen) atoms. The summed E-state index contributed by atoms with van der Waals surface area (Å²) in [6.45, 7) is 1.72. The number of hydrazine groups is 1. The van der Waals surface area contributed by atoms with Gasteiger partial charge in [-0.15, -0.1) is 0 Å². The predicted octanol–water partition coefficient (Wildman–Crippen LogP) is -1.23. The Morgan fingerprint density at radius 3 is 1.76 bits per heavy atom. The molecule has 16 nitrogen and oxygen atoms in total. The summed E-state index contributed by atoms with van der Waals surface area (Å²) in [5.41, 5.74) is 11.1. The molecule has 17 heteroatoms. The maximum atomic E-state index is 11.7. The second kappa shape index (κ2) is 16.3. The van der Waals surface area contributed by atoms with Crippen molar-refractivity contribution in [3.63, 3.8) is 0 Å². The van der Waals surface area contributed by atoms with E-state index in [2.05, 4.69) is 16.2 Å². The molecule has 10 N–H and O–H groups in total. The Hall–Kier alpha value is -4.06. The van der Waals surface area contributed by atoms with Gasteiger partial charge in [0.2, 0.25) is 6.04 Å². The quantitative estimate of drug-likeness (QED) is 0.0482. The van der Waals surface area contributed by atoms with Crippen molar-refractivity contribution in [3.8, 4) is 0 Å². The summed E-state index contributed by atoms with van der Waals surface area (Å²) in [4.78, 5) is 60.0. The lowest BCUT2D eigenvalue weighted by atomic mass is 9.91. The Labute approximate surface area is 241 Å². The van der Waals surface area contributed by atoms with Gasteiger partial charge in [-0.3, -0.25) is 40.4 Å². The van der Waals surface area contributed by atoms with Gasteiger partial charge in [-0.2, -0.15) is 0 Å². The number of carboxylic acids is 5. The van der Waals surface area contributed by atoms with Gasteiger partial charge in [0.1, 0.15) is 0 Å². The van der Waals surface area contributed by atoms with Crippen LogP contribution in [0.15, 0.2) is 24.3 Å². The molecule has 0 aliphatic rings. The molecular formula is C24H36N6O10S. The minimum absolute atomic E-state index is 0.0125. The van der Waals surface area contributed by atoms with Gasteiger partial charge in [0.25, 0.3) is 0 Å². The van der Waals surface area contributed by atoms with Crippen LogP contribution >= 0.6 is 12.2 Å². The third-order valence-electron chi connectivity index (χ3n) is 5.52. The van der Waals surface area contributed by atoms with Crippen LogP contribution < -0.4 is 21.9 Å². The number of thiocarbonyl (C=S) groups is 1. The second-order valence-corrected chi connectivity index (χ2v) is 10.6. The fraction of sp³-hybridized carbons (Fsp3) is 0.500. The minimum Gasteiger partial charge on any atom is -0.480 e. The topological polar surface area (TPSA) is 255 Å². The summed E-state index contributed by atoms with van der Waals surface area (Å²) in [5, 5.41) is 49.3. The van der Waals surface area contributed by atoms with Crippen molar-refractivity contribution in [1.82, 2.24) is 20.5 Å². The molecule has 0 amide bonds. The van der Waals surface area contributed by atoms with Gasteiger partial charge < -0.3 is 31.3 Å². The first kappa shape index (κ1) is 35.0. The minimum atomic E-state index is -1.97. The zero-order chi connectivity index (χ0) is 31.3. The van der Waals surface area contributed by atoms with Crippen molar-refractivity contribution in [2.45, 2.75) is 32.4 Å².